The largest absolute Gasteiger partial charge is 0.345 e. The van der Waals surface area contributed by atoms with Gasteiger partial charge in [-0.25, -0.2) is 9.18 Å². The number of aryl methyl sites for hydroxylation is 1. The molecule has 0 atom stereocenters. The number of urea groups is 1. The summed E-state index contributed by atoms with van der Waals surface area (Å²) >= 11 is 0. The lowest BCUT2D eigenvalue weighted by atomic mass is 9.98. The van der Waals surface area contributed by atoms with E-state index in [1.54, 1.807) is 30.1 Å². The lowest BCUT2D eigenvalue weighted by Gasteiger charge is -2.25. The molecule has 0 aliphatic carbocycles. The average Bonchev–Trinajstić information content (AvgIpc) is 2.99. The third kappa shape index (κ3) is 5.59. The van der Waals surface area contributed by atoms with E-state index >= 15 is 0 Å². The highest BCUT2D eigenvalue weighted by Crippen LogP contribution is 2.18. The smallest absolute Gasteiger partial charge is 0.315 e. The standard InChI is InChI=1S/C17H22FN5O2/c1-17(2,13-9-21-23(3)11-13)22-15(24)10-20-16(25)19-8-12-4-6-14(18)7-5-12/h4-7,9,11H,8,10H2,1-3H3,(H,22,24)(H2,19,20,25). The topological polar surface area (TPSA) is 88.0 Å². The summed E-state index contributed by atoms with van der Waals surface area (Å²) in [5.74, 6) is -0.646. The van der Waals surface area contributed by atoms with Gasteiger partial charge in [0.15, 0.2) is 0 Å². The zero-order valence-electron chi connectivity index (χ0n) is 14.5. The molecule has 0 radical (unpaired) electrons. The van der Waals surface area contributed by atoms with Gasteiger partial charge in [0.1, 0.15) is 5.82 Å². The second-order valence-electron chi connectivity index (χ2n) is 6.24. The van der Waals surface area contributed by atoms with Crippen LogP contribution in [0.3, 0.4) is 0 Å². The molecule has 0 saturated heterocycles. The highest BCUT2D eigenvalue weighted by atomic mass is 19.1. The predicted molar refractivity (Wildman–Crippen MR) is 91.0 cm³/mol. The van der Waals surface area contributed by atoms with E-state index in [0.717, 1.165) is 11.1 Å². The quantitative estimate of drug-likeness (QED) is 0.738. The minimum absolute atomic E-state index is 0.154. The van der Waals surface area contributed by atoms with E-state index in [-0.39, 0.29) is 24.8 Å². The van der Waals surface area contributed by atoms with Crippen molar-refractivity contribution in [3.63, 3.8) is 0 Å². The summed E-state index contributed by atoms with van der Waals surface area (Å²) in [5.41, 5.74) is 1.03. The van der Waals surface area contributed by atoms with Crippen LogP contribution in [0.2, 0.25) is 0 Å². The van der Waals surface area contributed by atoms with Gasteiger partial charge < -0.3 is 16.0 Å². The van der Waals surface area contributed by atoms with Crippen molar-refractivity contribution >= 4 is 11.9 Å². The highest BCUT2D eigenvalue weighted by molar-refractivity contribution is 5.84. The van der Waals surface area contributed by atoms with Crippen LogP contribution in [0.25, 0.3) is 0 Å². The van der Waals surface area contributed by atoms with Gasteiger partial charge in [-0.05, 0) is 31.5 Å². The molecule has 2 aromatic rings. The van der Waals surface area contributed by atoms with E-state index in [2.05, 4.69) is 21.0 Å². The van der Waals surface area contributed by atoms with Crippen LogP contribution in [-0.4, -0.2) is 28.3 Å². The molecule has 7 nitrogen and oxygen atoms in total. The Kier molecular flexibility index (Phi) is 5.74. The first-order valence-corrected chi connectivity index (χ1v) is 7.82. The fourth-order valence-corrected chi connectivity index (χ4v) is 2.22. The van der Waals surface area contributed by atoms with Gasteiger partial charge in [0.05, 0.1) is 18.3 Å². The van der Waals surface area contributed by atoms with Crippen molar-refractivity contribution in [2.45, 2.75) is 25.9 Å². The van der Waals surface area contributed by atoms with Gasteiger partial charge in [-0.3, -0.25) is 9.48 Å². The van der Waals surface area contributed by atoms with Crippen molar-refractivity contribution in [2.75, 3.05) is 6.54 Å². The normalized spacial score (nSPS) is 11.0. The molecule has 1 aromatic heterocycles. The summed E-state index contributed by atoms with van der Waals surface area (Å²) < 4.78 is 14.5. The molecule has 1 heterocycles. The molecular formula is C17H22FN5O2. The van der Waals surface area contributed by atoms with Crippen molar-refractivity contribution < 1.29 is 14.0 Å². The van der Waals surface area contributed by atoms with Gasteiger partial charge in [0.25, 0.3) is 0 Å². The van der Waals surface area contributed by atoms with Gasteiger partial charge in [-0.2, -0.15) is 5.10 Å². The molecule has 3 amide bonds. The fourth-order valence-electron chi connectivity index (χ4n) is 2.22. The van der Waals surface area contributed by atoms with Gasteiger partial charge in [-0.15, -0.1) is 0 Å². The summed E-state index contributed by atoms with van der Waals surface area (Å²) in [6, 6.07) is 5.34. The van der Waals surface area contributed by atoms with Crippen LogP contribution in [0.4, 0.5) is 9.18 Å². The Hall–Kier alpha value is -2.90. The molecule has 0 aliphatic heterocycles. The Labute approximate surface area is 145 Å². The van der Waals surface area contributed by atoms with Crippen molar-refractivity contribution in [2.24, 2.45) is 7.05 Å². The maximum atomic E-state index is 12.8. The number of nitrogens with zero attached hydrogens (tertiary/aromatic N) is 2. The molecule has 8 heteroatoms. The molecule has 0 spiro atoms. The molecule has 134 valence electrons. The Morgan fingerprint density at radius 2 is 1.88 bits per heavy atom. The van der Waals surface area contributed by atoms with Crippen LogP contribution >= 0.6 is 0 Å². The Bertz CT molecular complexity index is 740. The van der Waals surface area contributed by atoms with Gasteiger partial charge in [0.2, 0.25) is 5.91 Å². The van der Waals surface area contributed by atoms with Crippen LogP contribution in [0.15, 0.2) is 36.7 Å². The molecule has 1 aromatic carbocycles. The summed E-state index contributed by atoms with van der Waals surface area (Å²) in [6.07, 6.45) is 3.51. The van der Waals surface area contributed by atoms with Crippen LogP contribution in [0, 0.1) is 5.82 Å². The Morgan fingerprint density at radius 3 is 2.48 bits per heavy atom. The number of aromatic nitrogens is 2. The highest BCUT2D eigenvalue weighted by Gasteiger charge is 2.24. The van der Waals surface area contributed by atoms with Gasteiger partial charge in [-0.1, -0.05) is 12.1 Å². The number of nitrogens with one attached hydrogen (secondary N) is 3. The van der Waals surface area contributed by atoms with Crippen LogP contribution in [0.5, 0.6) is 0 Å². The maximum Gasteiger partial charge on any atom is 0.315 e. The molecule has 0 bridgehead atoms. The van der Waals surface area contributed by atoms with Gasteiger partial charge >= 0.3 is 6.03 Å². The first-order valence-electron chi connectivity index (χ1n) is 7.82. The van der Waals surface area contributed by atoms with Crippen LogP contribution in [-0.2, 0) is 23.9 Å². The minimum Gasteiger partial charge on any atom is -0.345 e. The molecular weight excluding hydrogens is 325 g/mol. The van der Waals surface area contributed by atoms with Crippen LogP contribution in [0.1, 0.15) is 25.0 Å². The average molecular weight is 347 g/mol. The van der Waals surface area contributed by atoms with E-state index in [4.69, 9.17) is 0 Å². The molecule has 0 fully saturated rings. The number of amides is 3. The molecule has 3 N–H and O–H groups in total. The van der Waals surface area contributed by atoms with Crippen molar-refractivity contribution in [1.29, 1.82) is 0 Å². The van der Waals surface area contributed by atoms with E-state index in [1.807, 2.05) is 20.0 Å². The Balaban J connectivity index is 1.75. The summed E-state index contributed by atoms with van der Waals surface area (Å²) in [5, 5.41) is 12.0. The van der Waals surface area contributed by atoms with E-state index in [0.29, 0.717) is 0 Å². The summed E-state index contributed by atoms with van der Waals surface area (Å²) in [6.45, 7) is 3.81. The Morgan fingerprint density at radius 1 is 1.20 bits per heavy atom. The van der Waals surface area contributed by atoms with Crippen molar-refractivity contribution in [1.82, 2.24) is 25.7 Å². The number of rotatable bonds is 6. The predicted octanol–water partition coefficient (Wildman–Crippen LogP) is 1.41. The van der Waals surface area contributed by atoms with E-state index in [1.165, 1.54) is 12.1 Å². The number of halogens is 1. The van der Waals surface area contributed by atoms with E-state index < -0.39 is 11.6 Å². The third-order valence-corrected chi connectivity index (χ3v) is 3.65. The zero-order chi connectivity index (χ0) is 18.4. The molecule has 2 rings (SSSR count). The number of benzene rings is 1. The second-order valence-corrected chi connectivity index (χ2v) is 6.24. The number of carbonyl (C=O) groups is 2. The van der Waals surface area contributed by atoms with Crippen molar-refractivity contribution in [3.05, 3.63) is 53.6 Å². The number of carbonyl (C=O) groups excluding carboxylic acids is 2. The zero-order valence-corrected chi connectivity index (χ0v) is 14.5. The molecule has 0 aliphatic rings. The fraction of sp³-hybridized carbons (Fsp3) is 0.353. The number of hydrogen-bond acceptors (Lipinski definition) is 3. The summed E-state index contributed by atoms with van der Waals surface area (Å²) in [4.78, 5) is 23.8. The third-order valence-electron chi connectivity index (χ3n) is 3.65. The number of hydrogen-bond donors (Lipinski definition) is 3. The summed E-state index contributed by atoms with van der Waals surface area (Å²) in [7, 11) is 1.80. The first-order chi connectivity index (χ1) is 11.8. The first kappa shape index (κ1) is 18.4. The van der Waals surface area contributed by atoms with Crippen molar-refractivity contribution in [3.8, 4) is 0 Å². The lowest BCUT2D eigenvalue weighted by molar-refractivity contribution is -0.121. The van der Waals surface area contributed by atoms with Crippen LogP contribution < -0.4 is 16.0 Å². The second kappa shape index (κ2) is 7.78. The molecule has 25 heavy (non-hydrogen) atoms. The minimum atomic E-state index is -0.600. The molecule has 0 saturated carbocycles. The monoisotopic (exact) mass is 347 g/mol. The SMILES string of the molecule is Cn1cc(C(C)(C)NC(=O)CNC(=O)NCc2ccc(F)cc2)cn1. The maximum absolute atomic E-state index is 12.8. The lowest BCUT2D eigenvalue weighted by Crippen LogP contribution is -2.47. The molecule has 0 unspecified atom stereocenters. The van der Waals surface area contributed by atoms with E-state index in [9.17, 15) is 14.0 Å². The van der Waals surface area contributed by atoms with Gasteiger partial charge in [0, 0.05) is 25.4 Å².